The predicted molar refractivity (Wildman–Crippen MR) is 83.2 cm³/mol. The van der Waals surface area contributed by atoms with Crippen LogP contribution in [0.1, 0.15) is 11.1 Å². The normalized spacial score (nSPS) is 10.5. The van der Waals surface area contributed by atoms with Gasteiger partial charge in [-0.2, -0.15) is 5.10 Å². The number of nitrogens with one attached hydrogen (secondary N) is 1. The predicted octanol–water partition coefficient (Wildman–Crippen LogP) is 3.25. The van der Waals surface area contributed by atoms with Gasteiger partial charge >= 0.3 is 0 Å². The highest BCUT2D eigenvalue weighted by molar-refractivity contribution is 5.40. The van der Waals surface area contributed by atoms with Gasteiger partial charge in [-0.25, -0.2) is 0 Å². The summed E-state index contributed by atoms with van der Waals surface area (Å²) in [6.07, 6.45) is 3.79. The summed E-state index contributed by atoms with van der Waals surface area (Å²) < 4.78 is 1.90. The molecule has 2 aromatic carbocycles. The van der Waals surface area contributed by atoms with Crippen LogP contribution in [0.4, 0.5) is 5.69 Å². The molecule has 4 heteroatoms. The fraction of sp³-hybridized carbons (Fsp3) is 0.118. The van der Waals surface area contributed by atoms with Crippen LogP contribution in [0.25, 0.3) is 0 Å². The smallest absolute Gasteiger partial charge is 0.115 e. The van der Waals surface area contributed by atoms with Crippen molar-refractivity contribution in [2.75, 3.05) is 5.32 Å². The van der Waals surface area contributed by atoms with Crippen molar-refractivity contribution in [3.8, 4) is 5.75 Å². The third-order valence-electron chi connectivity index (χ3n) is 3.23. The van der Waals surface area contributed by atoms with Crippen LogP contribution in [0, 0.1) is 0 Å². The van der Waals surface area contributed by atoms with Gasteiger partial charge in [0.2, 0.25) is 0 Å². The van der Waals surface area contributed by atoms with E-state index in [4.69, 9.17) is 0 Å². The number of rotatable bonds is 5. The highest BCUT2D eigenvalue weighted by Gasteiger charge is 2.00. The SMILES string of the molecule is Oc1cccc(CNc2cnn(Cc3ccccc3)c2)c1. The minimum absolute atomic E-state index is 0.286. The van der Waals surface area contributed by atoms with E-state index in [1.165, 1.54) is 5.56 Å². The van der Waals surface area contributed by atoms with Crippen molar-refractivity contribution < 1.29 is 5.11 Å². The Morgan fingerprint density at radius 2 is 1.81 bits per heavy atom. The molecule has 0 amide bonds. The van der Waals surface area contributed by atoms with E-state index in [-0.39, 0.29) is 5.75 Å². The second-order valence-electron chi connectivity index (χ2n) is 4.94. The Kier molecular flexibility index (Phi) is 3.87. The van der Waals surface area contributed by atoms with Gasteiger partial charge in [0.25, 0.3) is 0 Å². The van der Waals surface area contributed by atoms with Crippen LogP contribution in [0.2, 0.25) is 0 Å². The van der Waals surface area contributed by atoms with Crippen molar-refractivity contribution in [3.05, 3.63) is 78.1 Å². The molecule has 3 rings (SSSR count). The molecule has 106 valence electrons. The Bertz CT molecular complexity index is 707. The number of aromatic nitrogens is 2. The van der Waals surface area contributed by atoms with Crippen LogP contribution in [0.15, 0.2) is 67.0 Å². The minimum Gasteiger partial charge on any atom is -0.508 e. The first-order chi connectivity index (χ1) is 10.3. The van der Waals surface area contributed by atoms with Crippen LogP contribution in [0.5, 0.6) is 5.75 Å². The second kappa shape index (κ2) is 6.13. The minimum atomic E-state index is 0.286. The van der Waals surface area contributed by atoms with Crippen molar-refractivity contribution in [2.45, 2.75) is 13.1 Å². The lowest BCUT2D eigenvalue weighted by molar-refractivity contribution is 0.474. The number of hydrogen-bond acceptors (Lipinski definition) is 3. The summed E-state index contributed by atoms with van der Waals surface area (Å²) in [7, 11) is 0. The van der Waals surface area contributed by atoms with E-state index in [9.17, 15) is 5.11 Å². The van der Waals surface area contributed by atoms with Crippen molar-refractivity contribution in [1.82, 2.24) is 9.78 Å². The van der Waals surface area contributed by atoms with E-state index in [1.807, 2.05) is 47.4 Å². The van der Waals surface area contributed by atoms with Gasteiger partial charge in [0.15, 0.2) is 0 Å². The lowest BCUT2D eigenvalue weighted by atomic mass is 10.2. The average Bonchev–Trinajstić information content (AvgIpc) is 2.94. The monoisotopic (exact) mass is 279 g/mol. The molecule has 0 unspecified atom stereocenters. The maximum atomic E-state index is 9.43. The molecular weight excluding hydrogens is 262 g/mol. The van der Waals surface area contributed by atoms with Crippen LogP contribution >= 0.6 is 0 Å². The zero-order valence-corrected chi connectivity index (χ0v) is 11.6. The van der Waals surface area contributed by atoms with E-state index in [0.29, 0.717) is 6.54 Å². The summed E-state index contributed by atoms with van der Waals surface area (Å²) in [4.78, 5) is 0. The highest BCUT2D eigenvalue weighted by Crippen LogP contribution is 2.13. The number of phenolic OH excluding ortho intramolecular Hbond substituents is 1. The summed E-state index contributed by atoms with van der Waals surface area (Å²) in [5.41, 5.74) is 3.22. The van der Waals surface area contributed by atoms with Gasteiger partial charge in [-0.1, -0.05) is 42.5 Å². The topological polar surface area (TPSA) is 50.1 Å². The molecule has 0 bridgehead atoms. The van der Waals surface area contributed by atoms with Gasteiger partial charge in [-0.3, -0.25) is 4.68 Å². The summed E-state index contributed by atoms with van der Waals surface area (Å²) in [5.74, 6) is 0.286. The third-order valence-corrected chi connectivity index (χ3v) is 3.23. The maximum Gasteiger partial charge on any atom is 0.115 e. The molecule has 0 radical (unpaired) electrons. The molecule has 1 aromatic heterocycles. The molecular formula is C17H17N3O. The summed E-state index contributed by atoms with van der Waals surface area (Å²) >= 11 is 0. The van der Waals surface area contributed by atoms with Crippen molar-refractivity contribution >= 4 is 5.69 Å². The quantitative estimate of drug-likeness (QED) is 0.753. The fourth-order valence-electron chi connectivity index (χ4n) is 2.18. The molecule has 21 heavy (non-hydrogen) atoms. The van der Waals surface area contributed by atoms with Gasteiger partial charge in [-0.15, -0.1) is 0 Å². The number of phenols is 1. The first-order valence-electron chi connectivity index (χ1n) is 6.88. The van der Waals surface area contributed by atoms with E-state index in [1.54, 1.807) is 12.1 Å². The molecule has 0 saturated carbocycles. The Labute approximate surface area is 123 Å². The molecule has 0 aliphatic heterocycles. The van der Waals surface area contributed by atoms with Crippen LogP contribution in [-0.4, -0.2) is 14.9 Å². The molecule has 0 spiro atoms. The molecule has 2 N–H and O–H groups in total. The van der Waals surface area contributed by atoms with Gasteiger partial charge in [0, 0.05) is 12.7 Å². The number of nitrogens with zero attached hydrogens (tertiary/aromatic N) is 2. The maximum absolute atomic E-state index is 9.43. The Hall–Kier alpha value is -2.75. The molecule has 4 nitrogen and oxygen atoms in total. The largest absolute Gasteiger partial charge is 0.508 e. The lowest BCUT2D eigenvalue weighted by Gasteiger charge is -2.04. The standard InChI is InChI=1S/C17H17N3O/c21-17-8-4-7-15(9-17)10-18-16-11-19-20(13-16)12-14-5-2-1-3-6-14/h1-9,11,13,18,21H,10,12H2. The molecule has 0 saturated heterocycles. The number of hydrogen-bond donors (Lipinski definition) is 2. The molecule has 0 fully saturated rings. The van der Waals surface area contributed by atoms with Crippen molar-refractivity contribution in [3.63, 3.8) is 0 Å². The summed E-state index contributed by atoms with van der Waals surface area (Å²) in [6, 6.07) is 17.5. The Morgan fingerprint density at radius 1 is 1.00 bits per heavy atom. The molecule has 3 aromatic rings. The first-order valence-corrected chi connectivity index (χ1v) is 6.88. The van der Waals surface area contributed by atoms with Crippen molar-refractivity contribution in [1.29, 1.82) is 0 Å². The first kappa shape index (κ1) is 13.2. The second-order valence-corrected chi connectivity index (χ2v) is 4.94. The van der Waals surface area contributed by atoms with Gasteiger partial charge in [-0.05, 0) is 23.3 Å². The molecule has 1 heterocycles. The van der Waals surface area contributed by atoms with Crippen LogP contribution < -0.4 is 5.32 Å². The average molecular weight is 279 g/mol. The van der Waals surface area contributed by atoms with Gasteiger partial charge < -0.3 is 10.4 Å². The van der Waals surface area contributed by atoms with Crippen LogP contribution in [-0.2, 0) is 13.1 Å². The zero-order valence-electron chi connectivity index (χ0n) is 11.6. The number of benzene rings is 2. The molecule has 0 atom stereocenters. The van der Waals surface area contributed by atoms with E-state index < -0.39 is 0 Å². The third kappa shape index (κ3) is 3.63. The molecule has 0 aliphatic rings. The van der Waals surface area contributed by atoms with Gasteiger partial charge in [0.1, 0.15) is 5.75 Å². The Morgan fingerprint density at radius 3 is 2.62 bits per heavy atom. The van der Waals surface area contributed by atoms with Crippen LogP contribution in [0.3, 0.4) is 0 Å². The fourth-order valence-corrected chi connectivity index (χ4v) is 2.18. The number of aromatic hydroxyl groups is 1. The Balaban J connectivity index is 1.60. The van der Waals surface area contributed by atoms with Crippen molar-refractivity contribution in [2.24, 2.45) is 0 Å². The summed E-state index contributed by atoms with van der Waals surface area (Å²) in [6.45, 7) is 1.42. The van der Waals surface area contributed by atoms with E-state index in [0.717, 1.165) is 17.8 Å². The van der Waals surface area contributed by atoms with E-state index >= 15 is 0 Å². The zero-order chi connectivity index (χ0) is 14.5. The van der Waals surface area contributed by atoms with E-state index in [2.05, 4.69) is 22.5 Å². The lowest BCUT2D eigenvalue weighted by Crippen LogP contribution is -2.00. The van der Waals surface area contributed by atoms with Gasteiger partial charge in [0.05, 0.1) is 18.4 Å². The molecule has 0 aliphatic carbocycles. The number of anilines is 1. The highest BCUT2D eigenvalue weighted by atomic mass is 16.3. The summed E-state index contributed by atoms with van der Waals surface area (Å²) in [5, 5.41) is 17.1.